The first-order valence-corrected chi connectivity index (χ1v) is 9.66. The van der Waals surface area contributed by atoms with Crippen molar-refractivity contribution in [1.82, 2.24) is 19.4 Å². The average Bonchev–Trinajstić information content (AvgIpc) is 3.18. The Labute approximate surface area is 173 Å². The molecule has 0 atom stereocenters. The minimum absolute atomic E-state index is 0.152. The molecule has 0 radical (unpaired) electrons. The molecule has 30 heavy (non-hydrogen) atoms. The lowest BCUT2D eigenvalue weighted by molar-refractivity contribution is 0.102. The summed E-state index contributed by atoms with van der Waals surface area (Å²) in [5, 5.41) is 3.85. The lowest BCUT2D eigenvalue weighted by Crippen LogP contribution is -2.13. The third kappa shape index (κ3) is 3.28. The molecule has 0 spiro atoms. The van der Waals surface area contributed by atoms with Gasteiger partial charge in [0.15, 0.2) is 0 Å². The highest BCUT2D eigenvalue weighted by Crippen LogP contribution is 2.23. The van der Waals surface area contributed by atoms with Crippen LogP contribution in [0.25, 0.3) is 27.9 Å². The van der Waals surface area contributed by atoms with Gasteiger partial charge in [-0.1, -0.05) is 23.8 Å². The molecule has 0 aliphatic carbocycles. The van der Waals surface area contributed by atoms with Gasteiger partial charge in [-0.05, 0) is 50.2 Å². The number of amides is 1. The minimum Gasteiger partial charge on any atom is -0.322 e. The lowest BCUT2D eigenvalue weighted by Gasteiger charge is -2.10. The number of imidazole rings is 1. The van der Waals surface area contributed by atoms with Crippen LogP contribution in [0.15, 0.2) is 73.2 Å². The van der Waals surface area contributed by atoms with E-state index in [0.29, 0.717) is 11.3 Å². The van der Waals surface area contributed by atoms with Crippen molar-refractivity contribution < 1.29 is 4.79 Å². The van der Waals surface area contributed by atoms with Gasteiger partial charge in [0.1, 0.15) is 0 Å². The number of carbonyl (C=O) groups is 1. The molecule has 3 aromatic heterocycles. The normalized spacial score (nSPS) is 11.1. The van der Waals surface area contributed by atoms with Gasteiger partial charge in [-0.2, -0.15) is 0 Å². The number of anilines is 1. The molecular weight excluding hydrogens is 374 g/mol. The van der Waals surface area contributed by atoms with Crippen LogP contribution in [-0.2, 0) is 0 Å². The average molecular weight is 393 g/mol. The largest absolute Gasteiger partial charge is 0.322 e. The fraction of sp³-hybridized carbons (Fsp3) is 0.0833. The first-order chi connectivity index (χ1) is 14.6. The molecule has 0 bridgehead atoms. The number of fused-ring (bicyclic) bond motifs is 2. The molecular formula is C24H19N5O. The molecule has 0 aliphatic rings. The van der Waals surface area contributed by atoms with Gasteiger partial charge in [-0.3, -0.25) is 14.2 Å². The first kappa shape index (κ1) is 18.0. The molecule has 0 fully saturated rings. The molecule has 5 rings (SSSR count). The van der Waals surface area contributed by atoms with Crippen LogP contribution in [0.3, 0.4) is 0 Å². The fourth-order valence-electron chi connectivity index (χ4n) is 3.55. The van der Waals surface area contributed by atoms with E-state index in [9.17, 15) is 4.79 Å². The molecule has 5 aromatic rings. The highest BCUT2D eigenvalue weighted by atomic mass is 16.1. The zero-order chi connectivity index (χ0) is 20.7. The van der Waals surface area contributed by atoms with Gasteiger partial charge < -0.3 is 5.32 Å². The van der Waals surface area contributed by atoms with Crippen molar-refractivity contribution in [1.29, 1.82) is 0 Å². The molecule has 2 aromatic carbocycles. The van der Waals surface area contributed by atoms with Gasteiger partial charge >= 0.3 is 0 Å². The van der Waals surface area contributed by atoms with E-state index >= 15 is 0 Å². The molecule has 0 saturated heterocycles. The SMILES string of the molecule is Cc1ccc2nc(C)cc(C(=O)Nc3ccc(-c4cn5cccnc5n4)cc3)c2c1. The Morgan fingerprint density at radius 3 is 2.63 bits per heavy atom. The summed E-state index contributed by atoms with van der Waals surface area (Å²) in [7, 11) is 0. The monoisotopic (exact) mass is 393 g/mol. The Bertz CT molecular complexity index is 1370. The van der Waals surface area contributed by atoms with Crippen LogP contribution in [-0.4, -0.2) is 25.3 Å². The quantitative estimate of drug-likeness (QED) is 0.477. The molecule has 6 heteroatoms. The van der Waals surface area contributed by atoms with E-state index in [4.69, 9.17) is 0 Å². The summed E-state index contributed by atoms with van der Waals surface area (Å²) in [6, 6.07) is 17.3. The van der Waals surface area contributed by atoms with E-state index in [1.807, 2.05) is 85.2 Å². The van der Waals surface area contributed by atoms with Crippen LogP contribution < -0.4 is 5.32 Å². The van der Waals surface area contributed by atoms with Crippen molar-refractivity contribution in [2.75, 3.05) is 5.32 Å². The van der Waals surface area contributed by atoms with Crippen molar-refractivity contribution in [3.8, 4) is 11.3 Å². The molecule has 146 valence electrons. The Hall–Kier alpha value is -4.06. The van der Waals surface area contributed by atoms with E-state index in [1.54, 1.807) is 6.20 Å². The summed E-state index contributed by atoms with van der Waals surface area (Å²) in [6.07, 6.45) is 5.57. The number of benzene rings is 2. The molecule has 1 N–H and O–H groups in total. The van der Waals surface area contributed by atoms with Gasteiger partial charge in [0, 0.05) is 40.9 Å². The van der Waals surface area contributed by atoms with E-state index in [2.05, 4.69) is 20.3 Å². The summed E-state index contributed by atoms with van der Waals surface area (Å²) >= 11 is 0. The van der Waals surface area contributed by atoms with Crippen molar-refractivity contribution in [2.45, 2.75) is 13.8 Å². The standard InChI is InChI=1S/C24H19N5O/c1-15-4-9-21-19(12-15)20(13-16(2)26-21)23(30)27-18-7-5-17(6-8-18)22-14-29-11-3-10-25-24(29)28-22/h3-14H,1-2H3,(H,27,30). The molecule has 0 aliphatic heterocycles. The number of hydrogen-bond donors (Lipinski definition) is 1. The second kappa shape index (κ2) is 7.08. The van der Waals surface area contributed by atoms with E-state index < -0.39 is 0 Å². The van der Waals surface area contributed by atoms with E-state index in [0.717, 1.165) is 39.1 Å². The maximum atomic E-state index is 13.0. The number of nitrogens with zero attached hydrogens (tertiary/aromatic N) is 4. The smallest absolute Gasteiger partial charge is 0.256 e. The number of rotatable bonds is 3. The molecule has 1 amide bonds. The molecule has 0 unspecified atom stereocenters. The van der Waals surface area contributed by atoms with Crippen LogP contribution in [0.1, 0.15) is 21.6 Å². The number of nitrogens with one attached hydrogen (secondary N) is 1. The van der Waals surface area contributed by atoms with Crippen LogP contribution in [0.4, 0.5) is 5.69 Å². The van der Waals surface area contributed by atoms with Crippen molar-refractivity contribution in [3.63, 3.8) is 0 Å². The van der Waals surface area contributed by atoms with Gasteiger partial charge in [-0.25, -0.2) is 9.97 Å². The fourth-order valence-corrected chi connectivity index (χ4v) is 3.55. The maximum Gasteiger partial charge on any atom is 0.256 e. The second-order valence-electron chi connectivity index (χ2n) is 7.32. The highest BCUT2D eigenvalue weighted by Gasteiger charge is 2.13. The Morgan fingerprint density at radius 2 is 1.83 bits per heavy atom. The maximum absolute atomic E-state index is 13.0. The summed E-state index contributed by atoms with van der Waals surface area (Å²) in [6.45, 7) is 3.91. The second-order valence-corrected chi connectivity index (χ2v) is 7.32. The number of aryl methyl sites for hydroxylation is 2. The van der Waals surface area contributed by atoms with Crippen molar-refractivity contribution >= 4 is 28.3 Å². The van der Waals surface area contributed by atoms with Crippen molar-refractivity contribution in [2.24, 2.45) is 0 Å². The van der Waals surface area contributed by atoms with Gasteiger partial charge in [-0.15, -0.1) is 0 Å². The van der Waals surface area contributed by atoms with E-state index in [1.165, 1.54) is 0 Å². The van der Waals surface area contributed by atoms with Crippen LogP contribution in [0.5, 0.6) is 0 Å². The number of hydrogen-bond acceptors (Lipinski definition) is 4. The van der Waals surface area contributed by atoms with Crippen LogP contribution in [0, 0.1) is 13.8 Å². The predicted molar refractivity (Wildman–Crippen MR) is 118 cm³/mol. The highest BCUT2D eigenvalue weighted by molar-refractivity contribution is 6.12. The Kier molecular flexibility index (Phi) is 4.25. The lowest BCUT2D eigenvalue weighted by atomic mass is 10.0. The topological polar surface area (TPSA) is 72.2 Å². The summed E-state index contributed by atoms with van der Waals surface area (Å²) in [5.41, 5.74) is 5.86. The minimum atomic E-state index is -0.152. The Morgan fingerprint density at radius 1 is 1.00 bits per heavy atom. The molecule has 0 saturated carbocycles. The summed E-state index contributed by atoms with van der Waals surface area (Å²) in [4.78, 5) is 26.3. The molecule has 3 heterocycles. The predicted octanol–water partition coefficient (Wildman–Crippen LogP) is 4.81. The number of aromatic nitrogens is 4. The van der Waals surface area contributed by atoms with Crippen molar-refractivity contribution in [3.05, 3.63) is 90.0 Å². The van der Waals surface area contributed by atoms with Gasteiger partial charge in [0.05, 0.1) is 16.8 Å². The first-order valence-electron chi connectivity index (χ1n) is 9.66. The summed E-state index contributed by atoms with van der Waals surface area (Å²) < 4.78 is 1.88. The van der Waals surface area contributed by atoms with E-state index in [-0.39, 0.29) is 5.91 Å². The zero-order valence-corrected chi connectivity index (χ0v) is 16.6. The third-order valence-electron chi connectivity index (χ3n) is 5.01. The van der Waals surface area contributed by atoms with Gasteiger partial charge in [0.25, 0.3) is 5.91 Å². The van der Waals surface area contributed by atoms with Gasteiger partial charge in [0.2, 0.25) is 5.78 Å². The number of pyridine rings is 1. The number of carbonyl (C=O) groups excluding carboxylic acids is 1. The zero-order valence-electron chi connectivity index (χ0n) is 16.6. The molecule has 6 nitrogen and oxygen atoms in total. The van der Waals surface area contributed by atoms with Crippen LogP contribution >= 0.6 is 0 Å². The third-order valence-corrected chi connectivity index (χ3v) is 5.01. The Balaban J connectivity index is 1.43. The summed E-state index contributed by atoms with van der Waals surface area (Å²) in [5.74, 6) is 0.501. The van der Waals surface area contributed by atoms with Crippen LogP contribution in [0.2, 0.25) is 0 Å².